The zero-order valence-corrected chi connectivity index (χ0v) is 55.8. The molecule has 5 aliphatic carbocycles. The summed E-state index contributed by atoms with van der Waals surface area (Å²) in [6.45, 7) is 49.8. The Morgan fingerprint density at radius 2 is 0.616 bits per heavy atom. The molecule has 0 N–H and O–H groups in total. The second-order valence-electron chi connectivity index (χ2n) is 33.8. The van der Waals surface area contributed by atoms with Gasteiger partial charge in [-0.25, -0.2) is 0 Å². The molecule has 86 heavy (non-hydrogen) atoms. The number of aryl methyl sites for hydroxylation is 2. The Balaban J connectivity index is 1.12. The first-order chi connectivity index (χ1) is 40.2. The summed E-state index contributed by atoms with van der Waals surface area (Å²) < 4.78 is 0. The number of anilines is 6. The summed E-state index contributed by atoms with van der Waals surface area (Å²) in [5, 5.41) is 0. The van der Waals surface area contributed by atoms with Crippen molar-refractivity contribution in [2.24, 2.45) is 0 Å². The molecule has 438 valence electrons. The maximum Gasteiger partial charge on any atom is 0.252 e. The molecule has 0 radical (unpaired) electrons. The molecule has 7 aliphatic rings. The lowest BCUT2D eigenvalue weighted by Crippen LogP contribution is -2.62. The van der Waals surface area contributed by atoms with Crippen molar-refractivity contribution < 1.29 is 0 Å². The maximum absolute atomic E-state index is 2.80. The highest BCUT2D eigenvalue weighted by Gasteiger charge is 2.52. The van der Waals surface area contributed by atoms with E-state index in [2.05, 4.69) is 276 Å². The van der Waals surface area contributed by atoms with Crippen LogP contribution in [-0.4, -0.2) is 6.71 Å². The zero-order chi connectivity index (χ0) is 60.9. The van der Waals surface area contributed by atoms with Crippen molar-refractivity contribution in [3.8, 4) is 22.3 Å². The number of nitrogens with zero attached hydrogens (tertiary/aromatic N) is 2. The predicted octanol–water partition coefficient (Wildman–Crippen LogP) is 20.4. The molecule has 8 aromatic rings. The van der Waals surface area contributed by atoms with Gasteiger partial charge in [-0.15, -0.1) is 0 Å². The van der Waals surface area contributed by atoms with Gasteiger partial charge in [0, 0.05) is 50.4 Å². The fraction of sp³-hybridized carbons (Fsp3) is 0.422. The average molecular weight is 1130 g/mol. The van der Waals surface area contributed by atoms with E-state index in [9.17, 15) is 0 Å². The Bertz CT molecular complexity index is 4300. The zero-order valence-electron chi connectivity index (χ0n) is 55.8. The third-order valence-corrected chi connectivity index (χ3v) is 24.5. The van der Waals surface area contributed by atoms with E-state index in [0.29, 0.717) is 0 Å². The van der Waals surface area contributed by atoms with Gasteiger partial charge in [-0.3, -0.25) is 0 Å². The minimum absolute atomic E-state index is 0.0159. The average Bonchev–Trinajstić information content (AvgIpc) is 0.983. The number of benzene rings is 8. The van der Waals surface area contributed by atoms with Crippen molar-refractivity contribution in [2.75, 3.05) is 9.80 Å². The quantitative estimate of drug-likeness (QED) is 0.163. The molecular formula is C83H93BN2. The van der Waals surface area contributed by atoms with Crippen molar-refractivity contribution in [1.29, 1.82) is 0 Å². The van der Waals surface area contributed by atoms with E-state index in [-0.39, 0.29) is 55.4 Å². The van der Waals surface area contributed by atoms with E-state index in [1.54, 1.807) is 5.56 Å². The summed E-state index contributed by atoms with van der Waals surface area (Å²) >= 11 is 0. The monoisotopic (exact) mass is 1130 g/mol. The molecule has 3 heteroatoms. The van der Waals surface area contributed by atoms with Gasteiger partial charge in [0.1, 0.15) is 0 Å². The molecule has 0 saturated heterocycles. The molecule has 15 rings (SSSR count). The van der Waals surface area contributed by atoms with Crippen LogP contribution in [0.4, 0.5) is 34.1 Å². The van der Waals surface area contributed by atoms with Gasteiger partial charge in [-0.1, -0.05) is 210 Å². The fourth-order valence-electron chi connectivity index (χ4n) is 18.4. The van der Waals surface area contributed by atoms with Crippen LogP contribution in [0, 0.1) is 13.8 Å². The molecule has 8 aromatic carbocycles. The highest BCUT2D eigenvalue weighted by Crippen LogP contribution is 2.60. The van der Waals surface area contributed by atoms with E-state index < -0.39 is 0 Å². The summed E-state index contributed by atoms with van der Waals surface area (Å²) in [4.78, 5) is 5.60. The minimum Gasteiger partial charge on any atom is -0.311 e. The number of hydrogen-bond donors (Lipinski definition) is 0. The molecule has 2 heterocycles. The Labute approximate surface area is 517 Å². The van der Waals surface area contributed by atoms with Crippen LogP contribution in [0.1, 0.15) is 241 Å². The largest absolute Gasteiger partial charge is 0.311 e. The number of fused-ring (bicyclic) bond motifs is 12. The highest BCUT2D eigenvalue weighted by molar-refractivity contribution is 7.00. The predicted molar refractivity (Wildman–Crippen MR) is 369 cm³/mol. The Morgan fingerprint density at radius 1 is 0.279 bits per heavy atom. The van der Waals surface area contributed by atoms with Crippen LogP contribution in [-0.2, 0) is 48.7 Å². The second kappa shape index (κ2) is 17.4. The van der Waals surface area contributed by atoms with Crippen molar-refractivity contribution >= 4 is 57.2 Å². The van der Waals surface area contributed by atoms with Crippen LogP contribution < -0.4 is 26.2 Å². The smallest absolute Gasteiger partial charge is 0.252 e. The Hall–Kier alpha value is -6.58. The number of hydrogen-bond acceptors (Lipinski definition) is 2. The van der Waals surface area contributed by atoms with Crippen LogP contribution in [0.25, 0.3) is 22.3 Å². The molecule has 2 nitrogen and oxygen atoms in total. The van der Waals surface area contributed by atoms with Gasteiger partial charge in [-0.2, -0.15) is 0 Å². The first-order valence-corrected chi connectivity index (χ1v) is 33.0. The summed E-state index contributed by atoms with van der Waals surface area (Å²) in [5.74, 6) is 0. The van der Waals surface area contributed by atoms with E-state index in [1.165, 1.54) is 171 Å². The van der Waals surface area contributed by atoms with Gasteiger partial charge in [0.15, 0.2) is 0 Å². The first kappa shape index (κ1) is 56.0. The van der Waals surface area contributed by atoms with Crippen molar-refractivity contribution in [1.82, 2.24) is 0 Å². The molecule has 0 atom stereocenters. The molecule has 0 saturated carbocycles. The fourth-order valence-corrected chi connectivity index (χ4v) is 18.4. The van der Waals surface area contributed by atoms with Crippen LogP contribution >= 0.6 is 0 Å². The molecule has 0 fully saturated rings. The SMILES string of the molecule is Cc1cc2c(cc1N1c3cc4c(cc3B3c5cc6c(cc5N(c5cc7c(cc5C)C(C)(C)CCC7(C)C)c5cc(-c7ccccc7)cc1c53)C(C)(C)c1ccccc1C6(C)C)-c1cc3c(cc1C4(C)C)C(C)(C)CCC3(C)C)C(C)(C)CCC2(C)C. The van der Waals surface area contributed by atoms with Gasteiger partial charge in [0.2, 0.25) is 0 Å². The van der Waals surface area contributed by atoms with E-state index >= 15 is 0 Å². The molecule has 0 bridgehead atoms. The van der Waals surface area contributed by atoms with Crippen LogP contribution in [0.3, 0.4) is 0 Å². The van der Waals surface area contributed by atoms with Gasteiger partial charge >= 0.3 is 0 Å². The molecule has 0 unspecified atom stereocenters. The van der Waals surface area contributed by atoms with Crippen LogP contribution in [0.15, 0.2) is 127 Å². The van der Waals surface area contributed by atoms with E-state index in [4.69, 9.17) is 0 Å². The third-order valence-electron chi connectivity index (χ3n) is 24.5. The summed E-state index contributed by atoms with van der Waals surface area (Å²) in [6.07, 6.45) is 7.07. The van der Waals surface area contributed by atoms with Gasteiger partial charge in [0.05, 0.1) is 0 Å². The summed E-state index contributed by atoms with van der Waals surface area (Å²) in [5.41, 5.74) is 37.4. The molecule has 0 aromatic heterocycles. The van der Waals surface area contributed by atoms with Gasteiger partial charge in [-0.05, 0) is 244 Å². The lowest BCUT2D eigenvalue weighted by molar-refractivity contribution is 0.331. The van der Waals surface area contributed by atoms with Gasteiger partial charge < -0.3 is 9.80 Å². The van der Waals surface area contributed by atoms with Crippen molar-refractivity contribution in [2.45, 2.75) is 226 Å². The highest BCUT2D eigenvalue weighted by atomic mass is 15.2. The lowest BCUT2D eigenvalue weighted by Gasteiger charge is -2.49. The molecule has 0 spiro atoms. The molecule has 0 amide bonds. The minimum atomic E-state index is -0.248. The third kappa shape index (κ3) is 7.51. The topological polar surface area (TPSA) is 6.48 Å². The van der Waals surface area contributed by atoms with Gasteiger partial charge in [0.25, 0.3) is 6.71 Å². The second-order valence-corrected chi connectivity index (χ2v) is 33.8. The summed E-state index contributed by atoms with van der Waals surface area (Å²) in [7, 11) is 0. The van der Waals surface area contributed by atoms with Crippen molar-refractivity contribution in [3.05, 3.63) is 205 Å². The standard InChI is InChI=1S/C83H93BN2/c1-48-36-58-62(79(11,12)34-30-75(58,3)4)45-68(48)85-70-44-57-53(52-40-60-61(42-56(52)83(57,19)20)78(9,10)33-32-77(60,7)8)41-66(70)84-67-43-64-65(82(17,18)55-29-25-24-28-54(55)81(64,15)16)47-71(67)86(73-39-51(38-72(85)74(73)84)50-26-22-21-23-27-50)69-46-63-59(37-49(69)2)76(5,6)31-35-80(63,13)14/h21-29,36-47H,30-35H2,1-20H3. The van der Waals surface area contributed by atoms with E-state index in [0.717, 1.165) is 12.8 Å². The maximum atomic E-state index is 2.80. The number of rotatable bonds is 3. The molecular weight excluding hydrogens is 1040 g/mol. The van der Waals surface area contributed by atoms with Crippen LogP contribution in [0.2, 0.25) is 0 Å². The summed E-state index contributed by atoms with van der Waals surface area (Å²) in [6, 6.07) is 52.8. The van der Waals surface area contributed by atoms with Crippen LogP contribution in [0.5, 0.6) is 0 Å². The Kier molecular flexibility index (Phi) is 11.3. The van der Waals surface area contributed by atoms with Crippen molar-refractivity contribution in [3.63, 3.8) is 0 Å². The first-order valence-electron chi connectivity index (χ1n) is 33.0. The Morgan fingerprint density at radius 3 is 1.08 bits per heavy atom. The van der Waals surface area contributed by atoms with E-state index in [1.807, 2.05) is 0 Å². The lowest BCUT2D eigenvalue weighted by atomic mass is 9.32. The normalized spacial score (nSPS) is 21.3. The molecule has 2 aliphatic heterocycles.